The first kappa shape index (κ1) is 19.6. The minimum Gasteiger partial charge on any atom is -0.307 e. The monoisotopic (exact) mass is 408 g/mol. The Kier molecular flexibility index (Phi) is 5.89. The van der Waals surface area contributed by atoms with Crippen molar-refractivity contribution in [1.29, 1.82) is 0 Å². The van der Waals surface area contributed by atoms with Crippen LogP contribution in [0.1, 0.15) is 56.1 Å². The van der Waals surface area contributed by atoms with Crippen molar-refractivity contribution in [2.75, 3.05) is 5.32 Å². The van der Waals surface area contributed by atoms with Crippen molar-refractivity contribution in [2.24, 2.45) is 0 Å². The zero-order valence-electron chi connectivity index (χ0n) is 16.6. The van der Waals surface area contributed by atoms with Crippen LogP contribution in [0.4, 0.5) is 11.8 Å². The maximum atomic E-state index is 11.6. The zero-order valence-corrected chi connectivity index (χ0v) is 17.4. The summed E-state index contributed by atoms with van der Waals surface area (Å²) in [5, 5.41) is 11.2. The number of hydrogen-bond donors (Lipinski definition) is 2. The summed E-state index contributed by atoms with van der Waals surface area (Å²) >= 11 is 1.48. The van der Waals surface area contributed by atoms with Crippen LogP contribution >= 0.6 is 11.8 Å². The maximum absolute atomic E-state index is 11.6. The van der Waals surface area contributed by atoms with Crippen molar-refractivity contribution in [3.05, 3.63) is 47.4 Å². The lowest BCUT2D eigenvalue weighted by Crippen LogP contribution is -2.04. The first-order valence-electron chi connectivity index (χ1n) is 9.98. The highest BCUT2D eigenvalue weighted by Gasteiger charge is 2.25. The van der Waals surface area contributed by atoms with Crippen LogP contribution in [-0.4, -0.2) is 30.9 Å². The lowest BCUT2D eigenvalue weighted by atomic mass is 10.1. The molecule has 1 fully saturated rings. The number of carbonyl (C=O) groups is 1. The fraction of sp³-hybridized carbons (Fsp3) is 0.381. The van der Waals surface area contributed by atoms with E-state index in [1.54, 1.807) is 0 Å². The van der Waals surface area contributed by atoms with Gasteiger partial charge in [-0.1, -0.05) is 26.0 Å². The van der Waals surface area contributed by atoms with E-state index in [0.717, 1.165) is 34.2 Å². The molecular formula is C21H24N6OS. The molecule has 1 aliphatic rings. The van der Waals surface area contributed by atoms with Gasteiger partial charge in [0.05, 0.1) is 0 Å². The Hall–Kier alpha value is -2.74. The second-order valence-corrected chi connectivity index (χ2v) is 8.17. The molecule has 0 amide bonds. The van der Waals surface area contributed by atoms with Gasteiger partial charge in [-0.05, 0) is 42.3 Å². The summed E-state index contributed by atoms with van der Waals surface area (Å²) in [6, 6.07) is 10.00. The molecular weight excluding hydrogens is 384 g/mol. The van der Waals surface area contributed by atoms with Gasteiger partial charge in [0, 0.05) is 41.8 Å². The number of H-pyrrole nitrogens is 1. The standard InChI is InChI=1S/C21H24N6OS/c1-3-15(28)11-13-5-9-16(10-6-13)29-21-24-18(4-2)22-20(25-21)23-19-12-17(26-27-19)14-7-8-14/h5-6,9-10,12,14H,3-4,7-8,11H2,1-2H3,(H2,22,23,24,25,26,27). The smallest absolute Gasteiger partial charge is 0.232 e. The summed E-state index contributed by atoms with van der Waals surface area (Å²) in [6.45, 7) is 3.91. The topological polar surface area (TPSA) is 96.5 Å². The van der Waals surface area contributed by atoms with Crippen molar-refractivity contribution >= 4 is 29.3 Å². The van der Waals surface area contributed by atoms with Gasteiger partial charge in [-0.3, -0.25) is 9.89 Å². The fourth-order valence-electron chi connectivity index (χ4n) is 2.91. The molecule has 29 heavy (non-hydrogen) atoms. The van der Waals surface area contributed by atoms with E-state index in [4.69, 9.17) is 0 Å². The molecule has 1 saturated carbocycles. The molecule has 2 aromatic heterocycles. The van der Waals surface area contributed by atoms with Crippen molar-refractivity contribution in [2.45, 2.75) is 61.9 Å². The van der Waals surface area contributed by atoms with Gasteiger partial charge in [-0.2, -0.15) is 15.1 Å². The second-order valence-electron chi connectivity index (χ2n) is 7.13. The third-order valence-electron chi connectivity index (χ3n) is 4.76. The van der Waals surface area contributed by atoms with Crippen LogP contribution in [0.2, 0.25) is 0 Å². The van der Waals surface area contributed by atoms with Crippen LogP contribution in [-0.2, 0) is 17.6 Å². The van der Waals surface area contributed by atoms with Crippen molar-refractivity contribution in [3.8, 4) is 0 Å². The number of nitrogens with zero attached hydrogens (tertiary/aromatic N) is 4. The number of benzene rings is 1. The predicted molar refractivity (Wildman–Crippen MR) is 113 cm³/mol. The number of nitrogens with one attached hydrogen (secondary N) is 2. The first-order chi connectivity index (χ1) is 14.1. The number of aryl methyl sites for hydroxylation is 1. The van der Waals surface area contributed by atoms with E-state index in [0.29, 0.717) is 29.9 Å². The Morgan fingerprint density at radius 2 is 1.97 bits per heavy atom. The molecule has 7 nitrogen and oxygen atoms in total. The molecule has 0 radical (unpaired) electrons. The number of aromatic amines is 1. The summed E-state index contributed by atoms with van der Waals surface area (Å²) in [7, 11) is 0. The van der Waals surface area contributed by atoms with Gasteiger partial charge in [0.2, 0.25) is 5.95 Å². The quantitative estimate of drug-likeness (QED) is 0.540. The molecule has 0 bridgehead atoms. The van der Waals surface area contributed by atoms with E-state index in [9.17, 15) is 4.79 Å². The van der Waals surface area contributed by atoms with Gasteiger partial charge in [0.25, 0.3) is 0 Å². The molecule has 3 aromatic rings. The van der Waals surface area contributed by atoms with E-state index < -0.39 is 0 Å². The van der Waals surface area contributed by atoms with E-state index in [1.807, 2.05) is 44.2 Å². The average Bonchev–Trinajstić information content (AvgIpc) is 3.48. The van der Waals surface area contributed by atoms with E-state index in [1.165, 1.54) is 24.6 Å². The van der Waals surface area contributed by atoms with Crippen LogP contribution in [0.15, 0.2) is 40.4 Å². The van der Waals surface area contributed by atoms with Crippen molar-refractivity contribution in [3.63, 3.8) is 0 Å². The second kappa shape index (κ2) is 8.73. The molecule has 2 heterocycles. The molecule has 8 heteroatoms. The Morgan fingerprint density at radius 3 is 2.66 bits per heavy atom. The molecule has 1 aliphatic carbocycles. The normalized spacial score (nSPS) is 13.4. The molecule has 0 atom stereocenters. The average molecular weight is 409 g/mol. The van der Waals surface area contributed by atoms with Gasteiger partial charge >= 0.3 is 0 Å². The number of carbonyl (C=O) groups excluding carboxylic acids is 1. The number of rotatable bonds is 9. The summed E-state index contributed by atoms with van der Waals surface area (Å²) in [5.74, 6) is 2.81. The van der Waals surface area contributed by atoms with Crippen LogP contribution in [0.5, 0.6) is 0 Å². The van der Waals surface area contributed by atoms with Crippen molar-refractivity contribution < 1.29 is 4.79 Å². The van der Waals surface area contributed by atoms with Crippen LogP contribution in [0.25, 0.3) is 0 Å². The Bertz CT molecular complexity index is 997. The van der Waals surface area contributed by atoms with Gasteiger partial charge in [-0.25, -0.2) is 4.98 Å². The lowest BCUT2D eigenvalue weighted by molar-refractivity contribution is -0.118. The summed E-state index contributed by atoms with van der Waals surface area (Å²) < 4.78 is 0. The third-order valence-corrected chi connectivity index (χ3v) is 5.63. The SMILES string of the molecule is CCC(=O)Cc1ccc(Sc2nc(CC)nc(Nc3cc(C4CC4)[nH]n3)n2)cc1. The maximum Gasteiger partial charge on any atom is 0.232 e. The van der Waals surface area contributed by atoms with Gasteiger partial charge in [0.1, 0.15) is 11.6 Å². The summed E-state index contributed by atoms with van der Waals surface area (Å²) in [4.78, 5) is 26.2. The van der Waals surface area contributed by atoms with E-state index in [2.05, 4.69) is 30.5 Å². The molecule has 1 aromatic carbocycles. The van der Waals surface area contributed by atoms with Crippen LogP contribution < -0.4 is 5.32 Å². The fourth-order valence-corrected chi connectivity index (χ4v) is 3.68. The molecule has 2 N–H and O–H groups in total. The lowest BCUT2D eigenvalue weighted by Gasteiger charge is -2.07. The number of Topliss-reactive ketones (excluding diaryl/α,β-unsaturated/α-hetero) is 1. The highest BCUT2D eigenvalue weighted by atomic mass is 32.2. The van der Waals surface area contributed by atoms with Gasteiger partial charge in [-0.15, -0.1) is 0 Å². The predicted octanol–water partition coefficient (Wildman–Crippen LogP) is 4.45. The van der Waals surface area contributed by atoms with E-state index >= 15 is 0 Å². The van der Waals surface area contributed by atoms with Gasteiger partial charge < -0.3 is 5.32 Å². The zero-order chi connectivity index (χ0) is 20.2. The summed E-state index contributed by atoms with van der Waals surface area (Å²) in [6.07, 6.45) is 4.21. The third kappa shape index (κ3) is 5.20. The first-order valence-corrected chi connectivity index (χ1v) is 10.8. The number of aromatic nitrogens is 5. The molecule has 0 saturated heterocycles. The number of ketones is 1. The molecule has 0 spiro atoms. The van der Waals surface area contributed by atoms with E-state index in [-0.39, 0.29) is 5.78 Å². The minimum atomic E-state index is 0.245. The number of anilines is 2. The minimum absolute atomic E-state index is 0.245. The van der Waals surface area contributed by atoms with Crippen molar-refractivity contribution in [1.82, 2.24) is 25.1 Å². The molecule has 150 valence electrons. The molecule has 4 rings (SSSR count). The van der Waals surface area contributed by atoms with Crippen LogP contribution in [0, 0.1) is 0 Å². The Balaban J connectivity index is 1.47. The molecule has 0 aliphatic heterocycles. The molecule has 0 unspecified atom stereocenters. The highest BCUT2D eigenvalue weighted by Crippen LogP contribution is 2.39. The highest BCUT2D eigenvalue weighted by molar-refractivity contribution is 7.99. The number of hydrogen-bond acceptors (Lipinski definition) is 7. The van der Waals surface area contributed by atoms with Gasteiger partial charge in [0.15, 0.2) is 11.0 Å². The Labute approximate surface area is 174 Å². The summed E-state index contributed by atoms with van der Waals surface area (Å²) in [5.41, 5.74) is 2.19. The largest absolute Gasteiger partial charge is 0.307 e. The Morgan fingerprint density at radius 1 is 1.17 bits per heavy atom. The van der Waals surface area contributed by atoms with Crippen LogP contribution in [0.3, 0.4) is 0 Å².